The maximum Gasteiger partial charge on any atom is 0.295 e. The van der Waals surface area contributed by atoms with Crippen LogP contribution in [0.25, 0.3) is 10.9 Å². The number of aromatic nitrogens is 1. The number of fused-ring (bicyclic) bond motifs is 1. The summed E-state index contributed by atoms with van der Waals surface area (Å²) in [6.45, 7) is 3.85. The molecule has 0 unspecified atom stereocenters. The number of aromatic hydroxyl groups is 1. The van der Waals surface area contributed by atoms with Crippen LogP contribution < -0.4 is 4.72 Å². The van der Waals surface area contributed by atoms with E-state index in [2.05, 4.69) is 19.9 Å². The van der Waals surface area contributed by atoms with Crippen molar-refractivity contribution in [2.45, 2.75) is 18.7 Å². The second-order valence-electron chi connectivity index (χ2n) is 7.37. The van der Waals surface area contributed by atoms with Gasteiger partial charge in [0, 0.05) is 10.9 Å². The average Bonchev–Trinajstić information content (AvgIpc) is 3.12. The number of sulfonamides is 1. The van der Waals surface area contributed by atoms with Crippen molar-refractivity contribution in [2.24, 2.45) is 10.2 Å². The molecule has 1 amide bonds. The molecule has 8 nitrogen and oxygen atoms in total. The van der Waals surface area contributed by atoms with Crippen LogP contribution in [0.15, 0.2) is 75.8 Å². The van der Waals surface area contributed by atoms with Gasteiger partial charge >= 0.3 is 0 Å². The second-order valence-corrected chi connectivity index (χ2v) is 9.46. The van der Waals surface area contributed by atoms with Gasteiger partial charge in [-0.1, -0.05) is 41.9 Å². The van der Waals surface area contributed by atoms with Crippen LogP contribution in [0.5, 0.6) is 5.88 Å². The minimum atomic E-state index is -4.00. The normalized spacial score (nSPS) is 11.8. The Morgan fingerprint density at radius 1 is 1.06 bits per heavy atom. The number of hydrogen-bond donors (Lipinski definition) is 3. The highest BCUT2D eigenvalue weighted by Gasteiger charge is 2.18. The molecule has 0 saturated heterocycles. The van der Waals surface area contributed by atoms with Crippen molar-refractivity contribution < 1.29 is 18.3 Å². The topological polar surface area (TPSA) is 124 Å². The zero-order valence-corrected chi connectivity index (χ0v) is 19.2. The molecule has 3 N–H and O–H groups in total. The van der Waals surface area contributed by atoms with E-state index in [4.69, 9.17) is 11.6 Å². The van der Waals surface area contributed by atoms with Crippen LogP contribution in [0.1, 0.15) is 21.5 Å². The lowest BCUT2D eigenvalue weighted by Gasteiger charge is -2.10. The van der Waals surface area contributed by atoms with Gasteiger partial charge in [-0.15, -0.1) is 10.2 Å². The van der Waals surface area contributed by atoms with Crippen LogP contribution in [0, 0.1) is 13.8 Å². The SMILES string of the molecule is Cc1ccc2c(N=NC(=O)c3cccc(S(=O)(=O)Nc4ccccc4Cl)c3)c(O)[nH]c2c1C. The summed E-state index contributed by atoms with van der Waals surface area (Å²) in [5.74, 6) is -0.974. The zero-order valence-electron chi connectivity index (χ0n) is 17.6. The highest BCUT2D eigenvalue weighted by Crippen LogP contribution is 2.37. The number of amides is 1. The molecular formula is C23H19ClN4O4S. The standard InChI is InChI=1S/C23H19ClN4O4S/c1-13-10-11-17-20(14(13)2)25-23(30)21(17)26-27-22(29)15-6-5-7-16(12-15)33(31,32)28-19-9-4-3-8-18(19)24/h3-12,25,28,30H,1-2H3. The summed E-state index contributed by atoms with van der Waals surface area (Å²) in [6.07, 6.45) is 0. The fourth-order valence-corrected chi connectivity index (χ4v) is 4.64. The Hall–Kier alpha value is -3.69. The number of carbonyl (C=O) groups is 1. The van der Waals surface area contributed by atoms with Crippen molar-refractivity contribution >= 4 is 49.8 Å². The summed E-state index contributed by atoms with van der Waals surface area (Å²) < 4.78 is 27.9. The molecule has 0 bridgehead atoms. The molecule has 0 radical (unpaired) electrons. The van der Waals surface area contributed by atoms with E-state index in [1.165, 1.54) is 30.3 Å². The summed E-state index contributed by atoms with van der Waals surface area (Å²) in [4.78, 5) is 15.3. The minimum Gasteiger partial charge on any atom is -0.493 e. The smallest absolute Gasteiger partial charge is 0.295 e. The zero-order chi connectivity index (χ0) is 23.8. The molecule has 0 fully saturated rings. The molecule has 10 heteroatoms. The number of para-hydroxylation sites is 1. The van der Waals surface area contributed by atoms with Crippen molar-refractivity contribution in [1.29, 1.82) is 0 Å². The van der Waals surface area contributed by atoms with Gasteiger partial charge in [-0.2, -0.15) is 0 Å². The van der Waals surface area contributed by atoms with Gasteiger partial charge in [0.25, 0.3) is 15.9 Å². The molecule has 0 aliphatic carbocycles. The first kappa shape index (κ1) is 22.5. The molecule has 4 rings (SSSR count). The number of aryl methyl sites for hydroxylation is 2. The quantitative estimate of drug-likeness (QED) is 0.308. The lowest BCUT2D eigenvalue weighted by Crippen LogP contribution is -2.13. The predicted octanol–water partition coefficient (Wildman–Crippen LogP) is 5.87. The Morgan fingerprint density at radius 2 is 1.82 bits per heavy atom. The van der Waals surface area contributed by atoms with Gasteiger partial charge in [0.05, 0.1) is 21.1 Å². The third kappa shape index (κ3) is 4.46. The minimum absolute atomic E-state index is 0.0205. The first-order valence-corrected chi connectivity index (χ1v) is 11.7. The molecule has 1 aromatic heterocycles. The molecule has 33 heavy (non-hydrogen) atoms. The molecular weight excluding hydrogens is 464 g/mol. The van der Waals surface area contributed by atoms with E-state index in [0.717, 1.165) is 11.1 Å². The highest BCUT2D eigenvalue weighted by molar-refractivity contribution is 7.92. The van der Waals surface area contributed by atoms with Crippen molar-refractivity contribution in [3.63, 3.8) is 0 Å². The van der Waals surface area contributed by atoms with Crippen molar-refractivity contribution in [2.75, 3.05) is 4.72 Å². The van der Waals surface area contributed by atoms with Crippen LogP contribution in [0.3, 0.4) is 0 Å². The van der Waals surface area contributed by atoms with E-state index >= 15 is 0 Å². The maximum absolute atomic E-state index is 12.8. The van der Waals surface area contributed by atoms with Gasteiger partial charge < -0.3 is 10.1 Å². The predicted molar refractivity (Wildman–Crippen MR) is 127 cm³/mol. The fourth-order valence-electron chi connectivity index (χ4n) is 3.28. The number of nitrogens with zero attached hydrogens (tertiary/aromatic N) is 2. The fraction of sp³-hybridized carbons (Fsp3) is 0.0870. The Labute approximate surface area is 195 Å². The number of aromatic amines is 1. The number of nitrogens with one attached hydrogen (secondary N) is 2. The van der Waals surface area contributed by atoms with Crippen LogP contribution >= 0.6 is 11.6 Å². The van der Waals surface area contributed by atoms with E-state index in [-0.39, 0.29) is 32.7 Å². The van der Waals surface area contributed by atoms with Gasteiger partial charge in [-0.3, -0.25) is 9.52 Å². The van der Waals surface area contributed by atoms with Crippen molar-refractivity contribution in [1.82, 2.24) is 4.98 Å². The summed E-state index contributed by atoms with van der Waals surface area (Å²) in [5, 5.41) is 18.7. The Bertz CT molecular complexity index is 1530. The van der Waals surface area contributed by atoms with E-state index in [9.17, 15) is 18.3 Å². The first-order valence-electron chi connectivity index (χ1n) is 9.81. The molecule has 4 aromatic rings. The van der Waals surface area contributed by atoms with Gasteiger partial charge in [0.2, 0.25) is 5.88 Å². The summed E-state index contributed by atoms with van der Waals surface area (Å²) in [6, 6.07) is 15.5. The van der Waals surface area contributed by atoms with Gasteiger partial charge in [-0.25, -0.2) is 8.42 Å². The molecule has 0 aliphatic heterocycles. The Balaban J connectivity index is 1.62. The Kier molecular flexibility index (Phi) is 5.92. The maximum atomic E-state index is 12.8. The summed E-state index contributed by atoms with van der Waals surface area (Å²) >= 11 is 6.03. The number of anilines is 1. The number of rotatable bonds is 5. The molecule has 0 aliphatic rings. The van der Waals surface area contributed by atoms with E-state index < -0.39 is 15.9 Å². The van der Waals surface area contributed by atoms with Crippen LogP contribution in [-0.2, 0) is 10.0 Å². The monoisotopic (exact) mass is 482 g/mol. The molecule has 0 atom stereocenters. The van der Waals surface area contributed by atoms with Crippen LogP contribution in [0.2, 0.25) is 5.02 Å². The Morgan fingerprint density at radius 3 is 2.58 bits per heavy atom. The third-order valence-corrected chi connectivity index (χ3v) is 6.90. The number of benzene rings is 3. The van der Waals surface area contributed by atoms with Gasteiger partial charge in [-0.05, 0) is 55.3 Å². The highest BCUT2D eigenvalue weighted by atomic mass is 35.5. The van der Waals surface area contributed by atoms with Gasteiger partial charge in [0.15, 0.2) is 5.69 Å². The van der Waals surface area contributed by atoms with E-state index in [0.29, 0.717) is 10.9 Å². The van der Waals surface area contributed by atoms with E-state index in [1.807, 2.05) is 19.9 Å². The van der Waals surface area contributed by atoms with Crippen molar-refractivity contribution in [3.05, 3.63) is 82.4 Å². The number of hydrogen-bond acceptors (Lipinski definition) is 5. The lowest BCUT2D eigenvalue weighted by molar-refractivity contribution is 0.0995. The molecule has 1 heterocycles. The van der Waals surface area contributed by atoms with Crippen molar-refractivity contribution in [3.8, 4) is 5.88 Å². The number of halogens is 1. The average molecular weight is 483 g/mol. The first-order chi connectivity index (χ1) is 15.7. The van der Waals surface area contributed by atoms with Crippen LogP contribution in [0.4, 0.5) is 11.4 Å². The molecule has 0 saturated carbocycles. The van der Waals surface area contributed by atoms with Crippen LogP contribution in [-0.4, -0.2) is 24.4 Å². The molecule has 168 valence electrons. The largest absolute Gasteiger partial charge is 0.493 e. The molecule has 3 aromatic carbocycles. The summed E-state index contributed by atoms with van der Waals surface area (Å²) in [5.41, 5.74) is 3.05. The third-order valence-electron chi connectivity index (χ3n) is 5.21. The lowest BCUT2D eigenvalue weighted by atomic mass is 10.1. The summed E-state index contributed by atoms with van der Waals surface area (Å²) in [7, 11) is -4.00. The number of azo groups is 1. The van der Waals surface area contributed by atoms with Gasteiger partial charge in [0.1, 0.15) is 0 Å². The van der Waals surface area contributed by atoms with E-state index in [1.54, 1.807) is 24.3 Å². The molecule has 0 spiro atoms. The second kappa shape index (κ2) is 8.68. The number of H-pyrrole nitrogens is 1. The number of carbonyl (C=O) groups excluding carboxylic acids is 1.